The molecule has 0 bridgehead atoms. The maximum absolute atomic E-state index is 4.66. The second kappa shape index (κ2) is 11.5. The fraction of sp³-hybridized carbons (Fsp3) is 0. The summed E-state index contributed by atoms with van der Waals surface area (Å²) in [6, 6.07) is 0. The average molecular weight is 239 g/mol. The normalized spacial score (nSPS) is 5.33. The summed E-state index contributed by atoms with van der Waals surface area (Å²) in [5, 5.41) is 0. The van der Waals surface area contributed by atoms with Gasteiger partial charge in [-0.2, -0.15) is 0 Å². The maximum Gasteiger partial charge on any atom is 2.00 e. The number of nitrogens with two attached hydrogens (primary N) is 2. The smallest absolute Gasteiger partial charge is 0.415 e. The molecule has 0 aromatic rings. The predicted molar refractivity (Wildman–Crippen MR) is 48.3 cm³/mol. The van der Waals surface area contributed by atoms with Gasteiger partial charge in [0.1, 0.15) is 0 Å². The molecule has 0 aliphatic carbocycles. The summed E-state index contributed by atoms with van der Waals surface area (Å²) >= 11 is 16.5. The van der Waals surface area contributed by atoms with Gasteiger partial charge in [-0.1, -0.05) is 8.64 Å². The summed E-state index contributed by atoms with van der Waals surface area (Å²) in [5.74, 6) is 0. The fourth-order valence-electron chi connectivity index (χ4n) is 0. The molecule has 0 fully saturated rings. The zero-order chi connectivity index (χ0) is 7.15. The van der Waals surface area contributed by atoms with Gasteiger partial charge in [-0.3, -0.25) is 0 Å². The number of thiocarbonyl (C=S) groups is 2. The van der Waals surface area contributed by atoms with Crippen molar-refractivity contribution in [1.29, 1.82) is 0 Å². The van der Waals surface area contributed by atoms with Crippen LogP contribution in [0.4, 0.5) is 0 Å². The van der Waals surface area contributed by atoms with Crippen molar-refractivity contribution in [3.05, 3.63) is 0 Å². The van der Waals surface area contributed by atoms with Crippen molar-refractivity contribution < 1.29 is 17.1 Å². The molecule has 1 radical (unpaired) electrons. The van der Waals surface area contributed by atoms with Crippen molar-refractivity contribution in [2.75, 3.05) is 0 Å². The van der Waals surface area contributed by atoms with E-state index in [0.29, 0.717) is 0 Å². The van der Waals surface area contributed by atoms with Crippen molar-refractivity contribution in [2.24, 2.45) is 11.5 Å². The van der Waals surface area contributed by atoms with Gasteiger partial charge in [0.25, 0.3) is 0 Å². The van der Waals surface area contributed by atoms with Crippen LogP contribution >= 0.6 is 24.4 Å². The van der Waals surface area contributed by atoms with Crippen molar-refractivity contribution in [3.8, 4) is 0 Å². The molecule has 0 aromatic heterocycles. The van der Waals surface area contributed by atoms with Gasteiger partial charge in [0, 0.05) is 0 Å². The van der Waals surface area contributed by atoms with Crippen LogP contribution in [0.3, 0.4) is 0 Å². The van der Waals surface area contributed by atoms with Crippen molar-refractivity contribution >= 4 is 58.3 Å². The van der Waals surface area contributed by atoms with E-state index in [1.54, 1.807) is 0 Å². The summed E-state index contributed by atoms with van der Waals surface area (Å²) in [4.78, 5) is 0. The molecule has 0 saturated heterocycles. The Hall–Kier alpha value is 0.739. The predicted octanol–water partition coefficient (Wildman–Crippen LogP) is -0.449. The van der Waals surface area contributed by atoms with E-state index in [1.807, 2.05) is 0 Å². The quantitative estimate of drug-likeness (QED) is 0.339. The first-order valence-corrected chi connectivity index (χ1v) is 3.03. The van der Waals surface area contributed by atoms with Gasteiger partial charge < -0.3 is 61.2 Å². The van der Waals surface area contributed by atoms with Crippen LogP contribution in [-0.4, -0.2) is 8.64 Å². The molecule has 0 rings (SSSR count). The van der Waals surface area contributed by atoms with Crippen LogP contribution < -0.4 is 11.5 Å². The van der Waals surface area contributed by atoms with Crippen molar-refractivity contribution in [2.45, 2.75) is 0 Å². The minimum absolute atomic E-state index is 0. The molecule has 4 N–H and O–H groups in total. The second-order valence-corrected chi connectivity index (χ2v) is 2.91. The van der Waals surface area contributed by atoms with Crippen LogP contribution in [0.25, 0.3) is 0 Å². The third-order valence-electron chi connectivity index (χ3n) is 0. The molecule has 2 nitrogen and oxygen atoms in total. The van der Waals surface area contributed by atoms with Gasteiger partial charge >= 0.3 is 17.1 Å². The largest absolute Gasteiger partial charge is 2.00 e. The number of hydrogen-bond donors (Lipinski definition) is 2. The molecule has 0 aliphatic rings. The third kappa shape index (κ3) is 726. The van der Waals surface area contributed by atoms with E-state index in [1.165, 1.54) is 0 Å². The molecule has 53 valence electrons. The second-order valence-electron chi connectivity index (χ2n) is 0.638. The monoisotopic (exact) mass is 239 g/mol. The van der Waals surface area contributed by atoms with E-state index in [-0.39, 0.29) is 25.7 Å². The zero-order valence-corrected chi connectivity index (χ0v) is 8.61. The van der Waals surface area contributed by atoms with Gasteiger partial charge in [0.05, 0.1) is 0 Å². The first-order chi connectivity index (χ1) is 3.46. The standard InChI is InChI=1S/2CH3NS2.Mn/c2*2-1(3)4;/h2*(H3,2,3,4);/q;;+2/p-2. The average Bonchev–Trinajstić information content (AvgIpc) is 1.25. The van der Waals surface area contributed by atoms with E-state index in [4.69, 9.17) is 0 Å². The molecule has 0 spiro atoms. The van der Waals surface area contributed by atoms with Crippen LogP contribution in [0.5, 0.6) is 0 Å². The number of hydrogen-bond acceptors (Lipinski definition) is 4. The van der Waals surface area contributed by atoms with Crippen molar-refractivity contribution in [3.63, 3.8) is 0 Å². The molecule has 0 atom stereocenters. The molecule has 0 heterocycles. The summed E-state index contributed by atoms with van der Waals surface area (Å²) in [6.45, 7) is 0. The Morgan fingerprint density at radius 3 is 1.00 bits per heavy atom. The topological polar surface area (TPSA) is 52.0 Å². The van der Waals surface area contributed by atoms with Gasteiger partial charge in [0.2, 0.25) is 0 Å². The molecule has 9 heavy (non-hydrogen) atoms. The van der Waals surface area contributed by atoms with Gasteiger partial charge in [-0.15, -0.1) is 0 Å². The Balaban J connectivity index is -0.0000000720. The molecule has 0 saturated carbocycles. The third-order valence-corrected chi connectivity index (χ3v) is 0. The summed E-state index contributed by atoms with van der Waals surface area (Å²) in [5.41, 5.74) is 9.31. The molecule has 0 aromatic carbocycles. The Labute approximate surface area is 86.4 Å². The first kappa shape index (κ1) is 16.4. The van der Waals surface area contributed by atoms with E-state index in [0.717, 1.165) is 0 Å². The Bertz CT molecular complexity index is 74.6. The molecular weight excluding hydrogens is 235 g/mol. The minimum atomic E-state index is 0. The van der Waals surface area contributed by atoms with Gasteiger partial charge in [-0.25, -0.2) is 0 Å². The molecule has 0 unspecified atom stereocenters. The van der Waals surface area contributed by atoms with E-state index in [2.05, 4.69) is 61.2 Å². The van der Waals surface area contributed by atoms with E-state index >= 15 is 0 Å². The van der Waals surface area contributed by atoms with Crippen LogP contribution in [0, 0.1) is 0 Å². The SMILES string of the molecule is NC(=S)[S-].NC(=S)[S-].[Mn+2]. The van der Waals surface area contributed by atoms with Crippen LogP contribution in [0.2, 0.25) is 0 Å². The van der Waals surface area contributed by atoms with E-state index < -0.39 is 0 Å². The van der Waals surface area contributed by atoms with Gasteiger partial charge in [-0.05, 0) is 0 Å². The van der Waals surface area contributed by atoms with Gasteiger partial charge in [0.15, 0.2) is 0 Å². The number of rotatable bonds is 0. The summed E-state index contributed by atoms with van der Waals surface area (Å²) in [7, 11) is 0. The molecule has 0 aliphatic heterocycles. The van der Waals surface area contributed by atoms with Crippen LogP contribution in [0.15, 0.2) is 0 Å². The molecular formula is C2H4MnN2S4. The summed E-state index contributed by atoms with van der Waals surface area (Å²) < 4.78 is 0.167. The zero-order valence-electron chi connectivity index (χ0n) is 4.17. The van der Waals surface area contributed by atoms with E-state index in [9.17, 15) is 0 Å². The Morgan fingerprint density at radius 2 is 1.00 bits per heavy atom. The molecule has 0 amide bonds. The molecule has 7 heteroatoms. The minimum Gasteiger partial charge on any atom is -0.415 e. The fourth-order valence-corrected chi connectivity index (χ4v) is 0. The maximum atomic E-state index is 4.66. The summed E-state index contributed by atoms with van der Waals surface area (Å²) in [6.07, 6.45) is 0. The van der Waals surface area contributed by atoms with Crippen LogP contribution in [0.1, 0.15) is 0 Å². The Kier molecular flexibility index (Phi) is 21.0. The Morgan fingerprint density at radius 1 is 1.00 bits per heavy atom. The first-order valence-electron chi connectivity index (χ1n) is 1.39. The van der Waals surface area contributed by atoms with Crippen LogP contribution in [-0.2, 0) is 42.3 Å². The van der Waals surface area contributed by atoms with Crippen molar-refractivity contribution in [1.82, 2.24) is 0 Å².